The van der Waals surface area contributed by atoms with Crippen LogP contribution in [0.3, 0.4) is 0 Å². The van der Waals surface area contributed by atoms with Gasteiger partial charge in [0.2, 0.25) is 0 Å². The fourth-order valence-electron chi connectivity index (χ4n) is 11.6. The van der Waals surface area contributed by atoms with Crippen LogP contribution in [-0.2, 0) is 0 Å². The van der Waals surface area contributed by atoms with Crippen LogP contribution in [0.4, 0.5) is 0 Å². The van der Waals surface area contributed by atoms with Crippen LogP contribution in [0.25, 0.3) is 157 Å². The summed E-state index contributed by atoms with van der Waals surface area (Å²) in [4.78, 5) is 15.9. The highest BCUT2D eigenvalue weighted by molar-refractivity contribution is 7.26. The van der Waals surface area contributed by atoms with Crippen molar-refractivity contribution in [1.82, 2.24) is 19.5 Å². The summed E-state index contributed by atoms with van der Waals surface area (Å²) in [5, 5.41) is 9.46. The fourth-order valence-corrected chi connectivity index (χ4v) is 14.0. The summed E-state index contributed by atoms with van der Waals surface area (Å²) in [6, 6.07) is 86.7. The quantitative estimate of drug-likeness (QED) is 0.160. The molecule has 16 aromatic rings. The van der Waals surface area contributed by atoms with Gasteiger partial charge in [-0.15, -0.1) is 22.7 Å². The molecule has 0 radical (unpaired) electrons. The minimum absolute atomic E-state index is 0.583. The van der Waals surface area contributed by atoms with Gasteiger partial charge < -0.3 is 8.98 Å². The number of hydrogen-bond donors (Lipinski definition) is 0. The topological polar surface area (TPSA) is 56.7 Å². The van der Waals surface area contributed by atoms with Crippen molar-refractivity contribution in [3.63, 3.8) is 0 Å². The minimum atomic E-state index is 0.583. The molecule has 5 nitrogen and oxygen atoms in total. The lowest BCUT2D eigenvalue weighted by Crippen LogP contribution is -2.01. The summed E-state index contributed by atoms with van der Waals surface area (Å²) < 4.78 is 14.1. The number of nitrogens with zero attached hydrogens (tertiary/aromatic N) is 4. The standard InChI is InChI=1S/C69H40N4OS2/c1-3-16-41(17-4-1)67-70-68(51-22-8-7-20-47(51)49-25-15-31-63-65(49)52-23-10-12-30-61(52)75-63)72-69(71-67)53-27-14-29-60-64(53)56-39-42(33-36-59(56)74-60)43-34-37-62-55(38-43)50-26-13-24-46(66(50)76-62)44-32-35-58-54(40-44)48-21-9-11-28-57(48)73(58)45-18-5-2-6-19-45/h1-40H. The van der Waals surface area contributed by atoms with E-state index in [1.165, 1.54) is 73.3 Å². The summed E-state index contributed by atoms with van der Waals surface area (Å²) in [5.41, 5.74) is 14.8. The summed E-state index contributed by atoms with van der Waals surface area (Å²) in [6.45, 7) is 0. The lowest BCUT2D eigenvalue weighted by atomic mass is 9.95. The van der Waals surface area contributed by atoms with Gasteiger partial charge in [0.05, 0.1) is 11.0 Å². The van der Waals surface area contributed by atoms with Crippen LogP contribution >= 0.6 is 22.7 Å². The van der Waals surface area contributed by atoms with Gasteiger partial charge in [-0.1, -0.05) is 170 Å². The zero-order valence-corrected chi connectivity index (χ0v) is 42.2. The van der Waals surface area contributed by atoms with E-state index in [1.807, 2.05) is 53.0 Å². The average Bonchev–Trinajstić information content (AvgIpc) is 4.31. The van der Waals surface area contributed by atoms with Crippen molar-refractivity contribution in [2.45, 2.75) is 0 Å². The number of aromatic nitrogens is 4. The normalized spacial score (nSPS) is 11.9. The molecule has 0 unspecified atom stereocenters. The molecule has 0 saturated heterocycles. The number of rotatable bonds is 7. The summed E-state index contributed by atoms with van der Waals surface area (Å²) in [5.74, 6) is 1.80. The SMILES string of the molecule is c1ccc(-c2nc(-c3ccccc3-c3cccc4sc5ccccc5c34)nc(-c3cccc4oc5ccc(-c6ccc7sc8c(-c9ccc%10c(c9)c9ccccc9n%10-c9ccccc9)cccc8c7c6)cc5c34)n2)cc1. The second kappa shape index (κ2) is 17.0. The van der Waals surface area contributed by atoms with E-state index in [0.29, 0.717) is 17.5 Å². The highest BCUT2D eigenvalue weighted by Gasteiger charge is 2.22. The second-order valence-corrected chi connectivity index (χ2v) is 21.5. The smallest absolute Gasteiger partial charge is 0.164 e. The van der Waals surface area contributed by atoms with Gasteiger partial charge in [0.1, 0.15) is 11.2 Å². The molecule has 0 fully saturated rings. The molecule has 0 bridgehead atoms. The predicted octanol–water partition coefficient (Wildman–Crippen LogP) is 19.6. The van der Waals surface area contributed by atoms with E-state index in [9.17, 15) is 0 Å². The third-order valence-corrected chi connectivity index (χ3v) is 17.4. The van der Waals surface area contributed by atoms with Crippen LogP contribution in [0.2, 0.25) is 0 Å². The molecule has 16 rings (SSSR count). The van der Waals surface area contributed by atoms with Crippen LogP contribution in [0.5, 0.6) is 0 Å². The molecule has 11 aromatic carbocycles. The first kappa shape index (κ1) is 42.9. The lowest BCUT2D eigenvalue weighted by molar-refractivity contribution is 0.669. The van der Waals surface area contributed by atoms with E-state index in [-0.39, 0.29) is 0 Å². The first-order chi connectivity index (χ1) is 37.7. The molecule has 5 aromatic heterocycles. The Bertz CT molecular complexity index is 5010. The molecular weight excluding hydrogens is 965 g/mol. The Labute approximate surface area is 443 Å². The van der Waals surface area contributed by atoms with Crippen LogP contribution < -0.4 is 0 Å². The highest BCUT2D eigenvalue weighted by Crippen LogP contribution is 2.46. The zero-order chi connectivity index (χ0) is 49.8. The number of thiophene rings is 2. The van der Waals surface area contributed by atoms with E-state index >= 15 is 0 Å². The third-order valence-electron chi connectivity index (χ3n) is 15.1. The van der Waals surface area contributed by atoms with E-state index < -0.39 is 0 Å². The van der Waals surface area contributed by atoms with Gasteiger partial charge in [0.25, 0.3) is 0 Å². The van der Waals surface area contributed by atoms with Crippen LogP contribution in [0.1, 0.15) is 0 Å². The van der Waals surface area contributed by atoms with Crippen molar-refractivity contribution in [3.05, 3.63) is 243 Å². The minimum Gasteiger partial charge on any atom is -0.456 e. The Morgan fingerprint density at radius 3 is 1.78 bits per heavy atom. The van der Waals surface area contributed by atoms with Crippen LogP contribution in [-0.4, -0.2) is 19.5 Å². The van der Waals surface area contributed by atoms with E-state index in [1.54, 1.807) is 0 Å². The molecule has 0 saturated carbocycles. The number of fused-ring (bicyclic) bond motifs is 12. The predicted molar refractivity (Wildman–Crippen MR) is 320 cm³/mol. The van der Waals surface area contributed by atoms with E-state index in [0.717, 1.165) is 66.6 Å². The van der Waals surface area contributed by atoms with Crippen molar-refractivity contribution < 1.29 is 4.42 Å². The monoisotopic (exact) mass is 1000 g/mol. The van der Waals surface area contributed by atoms with Gasteiger partial charge in [-0.2, -0.15) is 0 Å². The van der Waals surface area contributed by atoms with Crippen molar-refractivity contribution in [2.75, 3.05) is 0 Å². The van der Waals surface area contributed by atoms with Gasteiger partial charge in [-0.05, 0) is 106 Å². The van der Waals surface area contributed by atoms with Crippen molar-refractivity contribution in [3.8, 4) is 73.2 Å². The van der Waals surface area contributed by atoms with E-state index in [4.69, 9.17) is 19.4 Å². The first-order valence-electron chi connectivity index (χ1n) is 25.5. The molecule has 76 heavy (non-hydrogen) atoms. The largest absolute Gasteiger partial charge is 0.456 e. The van der Waals surface area contributed by atoms with Gasteiger partial charge in [0, 0.05) is 84.3 Å². The average molecular weight is 1010 g/mol. The molecule has 5 heterocycles. The van der Waals surface area contributed by atoms with Crippen LogP contribution in [0.15, 0.2) is 247 Å². The molecule has 0 amide bonds. The van der Waals surface area contributed by atoms with Gasteiger partial charge in [-0.25, -0.2) is 15.0 Å². The maximum absolute atomic E-state index is 6.66. The molecule has 0 aliphatic heterocycles. The molecule has 0 N–H and O–H groups in total. The Balaban J connectivity index is 0.822. The third kappa shape index (κ3) is 6.73. The Morgan fingerprint density at radius 1 is 0.303 bits per heavy atom. The Hall–Kier alpha value is -9.53. The zero-order valence-electron chi connectivity index (χ0n) is 40.6. The fraction of sp³-hybridized carbons (Fsp3) is 0. The number of para-hydroxylation sites is 2. The summed E-state index contributed by atoms with van der Waals surface area (Å²) in [7, 11) is 0. The molecule has 7 heteroatoms. The maximum Gasteiger partial charge on any atom is 0.164 e. The van der Waals surface area contributed by atoms with Gasteiger partial charge in [-0.3, -0.25) is 0 Å². The Morgan fingerprint density at radius 2 is 0.895 bits per heavy atom. The maximum atomic E-state index is 6.66. The van der Waals surface area contributed by atoms with Crippen molar-refractivity contribution >= 4 is 107 Å². The Kier molecular flexibility index (Phi) is 9.61. The number of benzene rings is 11. The van der Waals surface area contributed by atoms with Gasteiger partial charge in [0.15, 0.2) is 17.5 Å². The summed E-state index contributed by atoms with van der Waals surface area (Å²) in [6.07, 6.45) is 0. The van der Waals surface area contributed by atoms with Crippen molar-refractivity contribution in [2.24, 2.45) is 0 Å². The van der Waals surface area contributed by atoms with Gasteiger partial charge >= 0.3 is 0 Å². The number of furan rings is 1. The highest BCUT2D eigenvalue weighted by atomic mass is 32.1. The van der Waals surface area contributed by atoms with E-state index in [2.05, 4.69) is 217 Å². The molecular formula is C69H40N4OS2. The molecule has 0 aliphatic carbocycles. The molecule has 0 aliphatic rings. The number of hydrogen-bond acceptors (Lipinski definition) is 6. The molecule has 354 valence electrons. The molecule has 0 spiro atoms. The lowest BCUT2D eigenvalue weighted by Gasteiger charge is -2.13. The molecule has 0 atom stereocenters. The second-order valence-electron chi connectivity index (χ2n) is 19.4. The van der Waals surface area contributed by atoms with Crippen LogP contribution in [0, 0.1) is 0 Å². The first-order valence-corrected chi connectivity index (χ1v) is 27.1. The van der Waals surface area contributed by atoms with Crippen molar-refractivity contribution in [1.29, 1.82) is 0 Å². The summed E-state index contributed by atoms with van der Waals surface area (Å²) >= 11 is 3.69.